The van der Waals surface area contributed by atoms with Gasteiger partial charge in [-0.05, 0) is 54.8 Å². The second kappa shape index (κ2) is 11.3. The summed E-state index contributed by atoms with van der Waals surface area (Å²) in [6, 6.07) is 19.2. The Hall–Kier alpha value is -3.40. The quantitative estimate of drug-likeness (QED) is 0.138. The van der Waals surface area contributed by atoms with Gasteiger partial charge < -0.3 is 5.32 Å². The minimum Gasteiger partial charge on any atom is -0.324 e. The number of anilines is 1. The number of nitro groups is 1. The van der Waals surface area contributed by atoms with Crippen molar-refractivity contribution >= 4 is 52.2 Å². The maximum absolute atomic E-state index is 13.0. The molecular formula is C26H23Cl2N5O3S. The number of thioether (sulfide) groups is 1. The lowest BCUT2D eigenvalue weighted by Crippen LogP contribution is -2.23. The zero-order valence-corrected chi connectivity index (χ0v) is 22.5. The molecule has 0 aliphatic rings. The van der Waals surface area contributed by atoms with Crippen molar-refractivity contribution in [3.63, 3.8) is 0 Å². The minimum atomic E-state index is -0.585. The third kappa shape index (κ3) is 5.95. The third-order valence-corrected chi connectivity index (χ3v) is 7.22. The first-order valence-corrected chi connectivity index (χ1v) is 13.0. The van der Waals surface area contributed by atoms with Gasteiger partial charge in [-0.1, -0.05) is 67.0 Å². The lowest BCUT2D eigenvalue weighted by Gasteiger charge is -2.18. The van der Waals surface area contributed by atoms with Crippen molar-refractivity contribution in [2.45, 2.75) is 37.1 Å². The van der Waals surface area contributed by atoms with Crippen molar-refractivity contribution in [2.24, 2.45) is 0 Å². The van der Waals surface area contributed by atoms with E-state index in [0.717, 1.165) is 16.8 Å². The molecule has 0 saturated carbocycles. The van der Waals surface area contributed by atoms with Crippen LogP contribution in [0.25, 0.3) is 17.1 Å². The predicted octanol–water partition coefficient (Wildman–Crippen LogP) is 7.39. The van der Waals surface area contributed by atoms with Crippen molar-refractivity contribution in [3.05, 3.63) is 92.5 Å². The van der Waals surface area contributed by atoms with Crippen LogP contribution in [-0.4, -0.2) is 30.8 Å². The van der Waals surface area contributed by atoms with Crippen LogP contribution in [0.4, 0.5) is 11.4 Å². The molecule has 1 aromatic heterocycles. The van der Waals surface area contributed by atoms with Gasteiger partial charge in [-0.3, -0.25) is 19.5 Å². The van der Waals surface area contributed by atoms with Gasteiger partial charge >= 0.3 is 0 Å². The Morgan fingerprint density at radius 3 is 2.38 bits per heavy atom. The first-order chi connectivity index (χ1) is 17.7. The summed E-state index contributed by atoms with van der Waals surface area (Å²) in [5, 5.41) is 23.3. The number of carbonyl (C=O) groups excluding carboxylic acids is 1. The molecule has 0 saturated heterocycles. The van der Waals surface area contributed by atoms with Crippen molar-refractivity contribution < 1.29 is 9.72 Å². The van der Waals surface area contributed by atoms with E-state index in [9.17, 15) is 14.9 Å². The van der Waals surface area contributed by atoms with Gasteiger partial charge in [-0.15, -0.1) is 10.2 Å². The molecule has 8 nitrogen and oxygen atoms in total. The molecule has 0 unspecified atom stereocenters. The number of para-hydroxylation sites is 1. The molecule has 0 aliphatic carbocycles. The molecule has 1 N–H and O–H groups in total. The Morgan fingerprint density at radius 1 is 1.03 bits per heavy atom. The molecule has 1 heterocycles. The van der Waals surface area contributed by atoms with E-state index in [2.05, 4.69) is 35.4 Å². The largest absolute Gasteiger partial charge is 0.324 e. The van der Waals surface area contributed by atoms with Gasteiger partial charge in [-0.2, -0.15) is 0 Å². The first-order valence-electron chi connectivity index (χ1n) is 11.4. The van der Waals surface area contributed by atoms with E-state index >= 15 is 0 Å². The number of benzene rings is 3. The van der Waals surface area contributed by atoms with Crippen LogP contribution in [0.2, 0.25) is 10.0 Å². The number of non-ortho nitro benzene ring substituents is 1. The van der Waals surface area contributed by atoms with E-state index in [1.807, 2.05) is 34.9 Å². The van der Waals surface area contributed by atoms with Gasteiger partial charge in [0.05, 0.1) is 26.6 Å². The molecule has 37 heavy (non-hydrogen) atoms. The molecule has 0 spiro atoms. The van der Waals surface area contributed by atoms with Crippen LogP contribution in [0.1, 0.15) is 32.3 Å². The monoisotopic (exact) mass is 555 g/mol. The van der Waals surface area contributed by atoms with E-state index in [0.29, 0.717) is 16.0 Å². The fourth-order valence-corrected chi connectivity index (χ4v) is 4.90. The topological polar surface area (TPSA) is 103 Å². The van der Waals surface area contributed by atoms with Crippen LogP contribution < -0.4 is 5.32 Å². The summed E-state index contributed by atoms with van der Waals surface area (Å²) in [6.07, 6.45) is 0. The van der Waals surface area contributed by atoms with Gasteiger partial charge in [0.15, 0.2) is 11.0 Å². The molecular weight excluding hydrogens is 533 g/mol. The highest BCUT2D eigenvalue weighted by atomic mass is 35.5. The van der Waals surface area contributed by atoms with Gasteiger partial charge in [-0.25, -0.2) is 0 Å². The molecule has 190 valence electrons. The smallest absolute Gasteiger partial charge is 0.271 e. The fraction of sp³-hybridized carbons (Fsp3) is 0.192. The summed E-state index contributed by atoms with van der Waals surface area (Å²) in [7, 11) is 0. The second-order valence-corrected chi connectivity index (χ2v) is 10.7. The van der Waals surface area contributed by atoms with Crippen LogP contribution in [0.3, 0.4) is 0 Å². The number of nitrogens with zero attached hydrogens (tertiary/aromatic N) is 4. The number of rotatable bonds is 8. The maximum atomic E-state index is 13.0. The van der Waals surface area contributed by atoms with Crippen LogP contribution in [0, 0.1) is 10.1 Å². The number of carbonyl (C=O) groups is 1. The van der Waals surface area contributed by atoms with Gasteiger partial charge in [0.25, 0.3) is 5.69 Å². The average molecular weight is 556 g/mol. The Bertz CT molecular complexity index is 1460. The number of hydrogen-bond donors (Lipinski definition) is 1. The molecule has 0 fully saturated rings. The zero-order chi connectivity index (χ0) is 26.7. The van der Waals surface area contributed by atoms with E-state index in [4.69, 9.17) is 23.2 Å². The summed E-state index contributed by atoms with van der Waals surface area (Å²) in [4.78, 5) is 23.5. The Balaban J connectivity index is 1.68. The lowest BCUT2D eigenvalue weighted by atomic mass is 10.0. The summed E-state index contributed by atoms with van der Waals surface area (Å²) < 4.78 is 1.95. The first kappa shape index (κ1) is 26.7. The molecule has 0 aliphatic heterocycles. The van der Waals surface area contributed by atoms with E-state index in [1.54, 1.807) is 19.1 Å². The van der Waals surface area contributed by atoms with Crippen LogP contribution in [-0.2, 0) is 4.79 Å². The molecule has 3 aromatic carbocycles. The summed E-state index contributed by atoms with van der Waals surface area (Å²) >= 11 is 13.5. The van der Waals surface area contributed by atoms with Crippen LogP contribution >= 0.6 is 35.0 Å². The summed E-state index contributed by atoms with van der Waals surface area (Å²) in [5.41, 5.74) is 2.99. The highest BCUT2D eigenvalue weighted by Gasteiger charge is 2.24. The number of aromatic nitrogens is 3. The van der Waals surface area contributed by atoms with Gasteiger partial charge in [0, 0.05) is 22.7 Å². The Morgan fingerprint density at radius 2 is 1.73 bits per heavy atom. The SMILES string of the molecule is CC(C)c1ccccc1-n1c(S[C@H](C)C(=O)Nc2ccc([N+](=O)[O-])cc2Cl)nnc1-c1ccc(Cl)cc1. The number of hydrogen-bond acceptors (Lipinski definition) is 6. The molecule has 4 rings (SSSR count). The third-order valence-electron chi connectivity index (χ3n) is 5.61. The molecule has 4 aromatic rings. The minimum absolute atomic E-state index is 0.0822. The van der Waals surface area contributed by atoms with Gasteiger partial charge in [0.2, 0.25) is 5.91 Å². The average Bonchev–Trinajstić information content (AvgIpc) is 3.28. The van der Waals surface area contributed by atoms with E-state index < -0.39 is 10.2 Å². The molecule has 0 bridgehead atoms. The fourth-order valence-electron chi connectivity index (χ4n) is 3.69. The second-order valence-electron chi connectivity index (χ2n) is 8.53. The van der Waals surface area contributed by atoms with Crippen LogP contribution in [0.15, 0.2) is 71.9 Å². The van der Waals surface area contributed by atoms with Crippen molar-refractivity contribution in [2.75, 3.05) is 5.32 Å². The zero-order valence-electron chi connectivity index (χ0n) is 20.2. The Kier molecular flexibility index (Phi) is 8.16. The van der Waals surface area contributed by atoms with E-state index in [1.165, 1.54) is 30.0 Å². The summed E-state index contributed by atoms with van der Waals surface area (Å²) in [5.74, 6) is 0.526. The molecule has 11 heteroatoms. The van der Waals surface area contributed by atoms with Crippen molar-refractivity contribution in [3.8, 4) is 17.1 Å². The highest BCUT2D eigenvalue weighted by Crippen LogP contribution is 2.34. The van der Waals surface area contributed by atoms with Gasteiger partial charge in [0.1, 0.15) is 0 Å². The number of nitro benzene ring substituents is 1. The standard InChI is InChI=1S/C26H23Cl2N5O3S/c1-15(2)20-6-4-5-7-23(20)32-24(17-8-10-18(27)11-9-17)30-31-26(32)37-16(3)25(34)29-22-13-12-19(33(35)36)14-21(22)28/h4-16H,1-3H3,(H,29,34)/t16-/m1/s1. The Labute approximate surface area is 228 Å². The van der Waals surface area contributed by atoms with Crippen LogP contribution in [0.5, 0.6) is 0 Å². The molecule has 0 radical (unpaired) electrons. The number of amides is 1. The lowest BCUT2D eigenvalue weighted by molar-refractivity contribution is -0.384. The normalized spacial score (nSPS) is 11.9. The number of halogens is 2. The highest BCUT2D eigenvalue weighted by molar-refractivity contribution is 8.00. The predicted molar refractivity (Wildman–Crippen MR) is 148 cm³/mol. The van der Waals surface area contributed by atoms with E-state index in [-0.39, 0.29) is 28.2 Å². The maximum Gasteiger partial charge on any atom is 0.271 e. The number of nitrogens with one attached hydrogen (secondary N) is 1. The van der Waals surface area contributed by atoms with Crippen molar-refractivity contribution in [1.29, 1.82) is 0 Å². The summed E-state index contributed by atoms with van der Waals surface area (Å²) in [6.45, 7) is 5.97. The molecule has 1 atom stereocenters. The molecule has 1 amide bonds. The van der Waals surface area contributed by atoms with Crippen molar-refractivity contribution in [1.82, 2.24) is 14.8 Å².